The van der Waals surface area contributed by atoms with Crippen molar-refractivity contribution in [2.75, 3.05) is 0 Å². The summed E-state index contributed by atoms with van der Waals surface area (Å²) in [6.07, 6.45) is 0.608. The number of hydrogen-bond donors (Lipinski definition) is 0. The van der Waals surface area contributed by atoms with E-state index in [4.69, 9.17) is 0 Å². The maximum Gasteiger partial charge on any atom is 0.277 e. The quantitative estimate of drug-likeness (QED) is 0.618. The van der Waals surface area contributed by atoms with E-state index >= 15 is 0 Å². The van der Waals surface area contributed by atoms with Gasteiger partial charge in [0.25, 0.3) is 11.1 Å². The molecule has 1 aliphatic carbocycles. The van der Waals surface area contributed by atoms with Gasteiger partial charge in [-0.05, 0) is 41.7 Å². The summed E-state index contributed by atoms with van der Waals surface area (Å²) in [5.74, 6) is -1.86. The van der Waals surface area contributed by atoms with Crippen LogP contribution < -0.4 is 11.1 Å². The number of carbonyl (C=O) groups excluding carboxylic acids is 1. The molecule has 0 saturated carbocycles. The molecule has 2 heterocycles. The molecule has 1 atom stereocenters. The zero-order chi connectivity index (χ0) is 21.4. The van der Waals surface area contributed by atoms with E-state index in [2.05, 4.69) is 0 Å². The fourth-order valence-electron chi connectivity index (χ4n) is 4.73. The number of nitrogens with zero attached hydrogens (tertiary/aromatic N) is 2. The van der Waals surface area contributed by atoms with Crippen molar-refractivity contribution in [2.24, 2.45) is 5.41 Å². The minimum atomic E-state index is -1.06. The van der Waals surface area contributed by atoms with Gasteiger partial charge in [0.2, 0.25) is 0 Å². The van der Waals surface area contributed by atoms with Crippen molar-refractivity contribution in [3.63, 3.8) is 0 Å². The third kappa shape index (κ3) is 2.54. The molecule has 30 heavy (non-hydrogen) atoms. The predicted molar refractivity (Wildman–Crippen MR) is 108 cm³/mol. The lowest BCUT2D eigenvalue weighted by atomic mass is 9.74. The summed E-state index contributed by atoms with van der Waals surface area (Å²) in [4.78, 5) is 39.9. The maximum atomic E-state index is 14.0. The van der Waals surface area contributed by atoms with Crippen molar-refractivity contribution in [2.45, 2.75) is 32.7 Å². The standard InChI is InChI=1S/C23H18F2N2O3/c1-23(2)10-17-19(18(28)11-23)20(12-7-13(24)9-14(25)8-12)27-22(30)16-6-4-3-5-15(16)21(29)26(17)27/h3-9,20H,10-11H2,1-2H3. The zero-order valence-corrected chi connectivity index (χ0v) is 16.4. The summed E-state index contributed by atoms with van der Waals surface area (Å²) in [7, 11) is 0. The third-order valence-corrected chi connectivity index (χ3v) is 5.87. The average molecular weight is 408 g/mol. The maximum absolute atomic E-state index is 14.0. The number of hydrogen-bond acceptors (Lipinski definition) is 3. The number of halogens is 2. The molecular weight excluding hydrogens is 390 g/mol. The Hall–Kier alpha value is -3.35. The second-order valence-electron chi connectivity index (χ2n) is 8.72. The van der Waals surface area contributed by atoms with Crippen molar-refractivity contribution >= 4 is 22.3 Å². The highest BCUT2D eigenvalue weighted by atomic mass is 19.1. The van der Waals surface area contributed by atoms with Gasteiger partial charge in [-0.15, -0.1) is 0 Å². The lowest BCUT2D eigenvalue weighted by Crippen LogP contribution is -2.37. The van der Waals surface area contributed by atoms with Gasteiger partial charge in [-0.1, -0.05) is 26.0 Å². The predicted octanol–water partition coefficient (Wildman–Crippen LogP) is 3.64. The van der Waals surface area contributed by atoms with E-state index in [-0.39, 0.29) is 34.1 Å². The van der Waals surface area contributed by atoms with Crippen LogP contribution in [0.25, 0.3) is 16.5 Å². The summed E-state index contributed by atoms with van der Waals surface area (Å²) in [5.41, 5.74) is -0.518. The Balaban J connectivity index is 1.94. The van der Waals surface area contributed by atoms with Gasteiger partial charge in [0, 0.05) is 18.1 Å². The first-order chi connectivity index (χ1) is 14.2. The molecule has 1 aromatic heterocycles. The van der Waals surface area contributed by atoms with E-state index in [9.17, 15) is 23.2 Å². The van der Waals surface area contributed by atoms with Gasteiger partial charge >= 0.3 is 0 Å². The first-order valence-corrected chi connectivity index (χ1v) is 9.67. The Morgan fingerprint density at radius 1 is 0.900 bits per heavy atom. The minimum Gasteiger partial charge on any atom is -0.294 e. The number of fused-ring (bicyclic) bond motifs is 3. The van der Waals surface area contributed by atoms with Crippen LogP contribution in [-0.2, 0) is 4.79 Å². The first-order valence-electron chi connectivity index (χ1n) is 9.67. The molecule has 0 saturated heterocycles. The van der Waals surface area contributed by atoms with Crippen molar-refractivity contribution < 1.29 is 13.6 Å². The smallest absolute Gasteiger partial charge is 0.277 e. The van der Waals surface area contributed by atoms with Crippen LogP contribution in [0, 0.1) is 17.0 Å². The molecule has 0 spiro atoms. The summed E-state index contributed by atoms with van der Waals surface area (Å²) in [6.45, 7) is 3.83. The van der Waals surface area contributed by atoms with Crippen LogP contribution in [0.4, 0.5) is 8.78 Å². The lowest BCUT2D eigenvalue weighted by molar-refractivity contribution is -0.118. The topological polar surface area (TPSA) is 61.1 Å². The highest BCUT2D eigenvalue weighted by molar-refractivity contribution is 6.04. The number of ketones is 1. The summed E-state index contributed by atoms with van der Waals surface area (Å²) < 4.78 is 30.5. The lowest BCUT2D eigenvalue weighted by Gasteiger charge is -2.30. The third-order valence-electron chi connectivity index (χ3n) is 5.87. The summed E-state index contributed by atoms with van der Waals surface area (Å²) in [6, 6.07) is 8.31. The fourth-order valence-corrected chi connectivity index (χ4v) is 4.73. The van der Waals surface area contributed by atoms with Crippen LogP contribution in [0.3, 0.4) is 0 Å². The van der Waals surface area contributed by atoms with Crippen LogP contribution in [0.1, 0.15) is 38.3 Å². The number of carbonyl (C=O) groups is 1. The molecule has 0 N–H and O–H groups in total. The van der Waals surface area contributed by atoms with E-state index in [0.717, 1.165) is 18.2 Å². The Labute approximate surface area is 169 Å². The van der Waals surface area contributed by atoms with E-state index in [0.29, 0.717) is 12.1 Å². The van der Waals surface area contributed by atoms with Gasteiger partial charge in [0.05, 0.1) is 16.5 Å². The van der Waals surface area contributed by atoms with Crippen LogP contribution in [0.15, 0.2) is 57.6 Å². The van der Waals surface area contributed by atoms with Crippen LogP contribution in [0.2, 0.25) is 0 Å². The highest BCUT2D eigenvalue weighted by Crippen LogP contribution is 2.46. The Kier molecular flexibility index (Phi) is 3.78. The molecule has 0 bridgehead atoms. The molecule has 0 amide bonds. The van der Waals surface area contributed by atoms with E-state index < -0.39 is 34.2 Å². The highest BCUT2D eigenvalue weighted by Gasteiger charge is 2.44. The van der Waals surface area contributed by atoms with Crippen molar-refractivity contribution in [1.82, 2.24) is 9.36 Å². The van der Waals surface area contributed by atoms with E-state index in [1.54, 1.807) is 24.3 Å². The van der Waals surface area contributed by atoms with E-state index in [1.807, 2.05) is 13.8 Å². The minimum absolute atomic E-state index is 0.121. The molecule has 2 aromatic carbocycles. The Morgan fingerprint density at radius 2 is 1.50 bits per heavy atom. The number of Topliss-reactive ketones (excluding diaryl/α,β-unsaturated/α-hetero) is 1. The van der Waals surface area contributed by atoms with Gasteiger partial charge in [-0.25, -0.2) is 18.1 Å². The van der Waals surface area contributed by atoms with Crippen molar-refractivity contribution in [3.05, 3.63) is 85.9 Å². The van der Waals surface area contributed by atoms with Gasteiger partial charge in [-0.3, -0.25) is 14.4 Å². The average Bonchev–Trinajstić information content (AvgIpc) is 3.00. The zero-order valence-electron chi connectivity index (χ0n) is 16.4. The van der Waals surface area contributed by atoms with Crippen LogP contribution >= 0.6 is 0 Å². The molecule has 1 unspecified atom stereocenters. The van der Waals surface area contributed by atoms with Crippen LogP contribution in [-0.4, -0.2) is 15.1 Å². The van der Waals surface area contributed by atoms with Gasteiger partial charge in [0.15, 0.2) is 5.78 Å². The molecule has 0 radical (unpaired) electrons. The van der Waals surface area contributed by atoms with Gasteiger partial charge in [0.1, 0.15) is 17.7 Å². The van der Waals surface area contributed by atoms with E-state index in [1.165, 1.54) is 9.36 Å². The molecule has 5 rings (SSSR count). The number of aromatic nitrogens is 2. The fraction of sp³-hybridized carbons (Fsp3) is 0.261. The SMILES string of the molecule is CC1(C)CC(=O)C2=C(C1)n1c(=O)c3ccccc3c(=O)n1C2c1cc(F)cc(F)c1. The molecule has 152 valence electrons. The normalized spacial score (nSPS) is 19.9. The second kappa shape index (κ2) is 6.08. The Morgan fingerprint density at radius 3 is 2.13 bits per heavy atom. The second-order valence-corrected chi connectivity index (χ2v) is 8.72. The molecule has 2 aliphatic rings. The summed E-state index contributed by atoms with van der Waals surface area (Å²) in [5, 5.41) is 0.444. The number of rotatable bonds is 1. The first kappa shape index (κ1) is 18.7. The molecular formula is C23H18F2N2O3. The largest absolute Gasteiger partial charge is 0.294 e. The molecule has 7 heteroatoms. The van der Waals surface area contributed by atoms with Gasteiger partial charge < -0.3 is 0 Å². The van der Waals surface area contributed by atoms with Gasteiger partial charge in [-0.2, -0.15) is 0 Å². The van der Waals surface area contributed by atoms with Crippen molar-refractivity contribution in [3.8, 4) is 0 Å². The molecule has 0 fully saturated rings. The molecule has 1 aliphatic heterocycles. The molecule has 3 aromatic rings. The molecule has 5 nitrogen and oxygen atoms in total. The number of allylic oxidation sites excluding steroid dienone is 2. The van der Waals surface area contributed by atoms with Crippen molar-refractivity contribution in [1.29, 1.82) is 0 Å². The number of benzene rings is 2. The monoisotopic (exact) mass is 408 g/mol. The van der Waals surface area contributed by atoms with Crippen LogP contribution in [0.5, 0.6) is 0 Å². The summed E-state index contributed by atoms with van der Waals surface area (Å²) >= 11 is 0. The Bertz CT molecular complexity index is 1390.